The first-order chi connectivity index (χ1) is 14.2. The molecule has 1 aliphatic rings. The van der Waals surface area contributed by atoms with E-state index in [1.807, 2.05) is 0 Å². The van der Waals surface area contributed by atoms with Gasteiger partial charge in [0.2, 0.25) is 0 Å². The van der Waals surface area contributed by atoms with E-state index in [9.17, 15) is 4.79 Å². The largest absolute Gasteiger partial charge is 0.369 e. The second-order valence-corrected chi connectivity index (χ2v) is 6.53. The van der Waals surface area contributed by atoms with Gasteiger partial charge in [-0.1, -0.05) is 23.7 Å². The van der Waals surface area contributed by atoms with Crippen molar-refractivity contribution in [2.75, 3.05) is 37.5 Å². The third kappa shape index (κ3) is 3.61. The van der Waals surface area contributed by atoms with Gasteiger partial charge in [0.1, 0.15) is 0 Å². The van der Waals surface area contributed by atoms with Crippen LogP contribution in [-0.4, -0.2) is 51.7 Å². The zero-order valence-corrected chi connectivity index (χ0v) is 14.9. The van der Waals surface area contributed by atoms with Crippen molar-refractivity contribution < 1.29 is 5.48 Å². The summed E-state index contributed by atoms with van der Waals surface area (Å²) in [4.78, 5) is 15.3. The third-order valence-electron chi connectivity index (χ3n) is 4.32. The molecule has 2 aromatic heterocycles. The van der Waals surface area contributed by atoms with Gasteiger partial charge in [-0.2, -0.15) is 0 Å². The van der Waals surface area contributed by atoms with E-state index in [1.54, 1.807) is 53.6 Å². The molecule has 0 atom stereocenters. The molecule has 4 rings (SSSR count). The van der Waals surface area contributed by atoms with E-state index < -0.39 is 13.0 Å². The lowest BCUT2D eigenvalue weighted by Crippen LogP contribution is -2.46. The number of hydrogen-bond donors (Lipinski definition) is 0. The van der Waals surface area contributed by atoms with Gasteiger partial charge in [-0.05, 0) is 36.8 Å². The van der Waals surface area contributed by atoms with Gasteiger partial charge in [-0.3, -0.25) is 9.30 Å². The molecule has 0 radical (unpaired) electrons. The SMILES string of the molecule is [2H]C1([2H])CN(c2cccc(Cl)c2)CC([2H])([2H])N1CCCn1nc2ccccn2c1=O. The number of benzene rings is 1. The molecule has 0 bridgehead atoms. The van der Waals surface area contributed by atoms with E-state index >= 15 is 0 Å². The van der Waals surface area contributed by atoms with Crippen LogP contribution in [-0.2, 0) is 6.54 Å². The first-order valence-corrected chi connectivity index (χ1v) is 8.88. The molecule has 1 saturated heterocycles. The fourth-order valence-electron chi connectivity index (χ4n) is 2.96. The number of piperazine rings is 1. The summed E-state index contributed by atoms with van der Waals surface area (Å²) in [5.41, 5.74) is 0.969. The van der Waals surface area contributed by atoms with Crippen molar-refractivity contribution in [2.24, 2.45) is 0 Å². The predicted octanol–water partition coefficient (Wildman–Crippen LogP) is 2.36. The summed E-state index contributed by atoms with van der Waals surface area (Å²) < 4.78 is 36.7. The number of hydrogen-bond acceptors (Lipinski definition) is 4. The standard InChI is InChI=1S/C19H22ClN5O/c20-16-5-3-6-17(15-16)23-13-11-22(12-14-23)8-4-10-25-19(26)24-9-2-1-7-18(24)21-25/h1-3,5-7,9,15H,4,8,10-14H2/i11D2,12D2. The Hall–Kier alpha value is -2.31. The van der Waals surface area contributed by atoms with Crippen LogP contribution in [0.3, 0.4) is 0 Å². The molecular weight excluding hydrogens is 350 g/mol. The average molecular weight is 376 g/mol. The second-order valence-electron chi connectivity index (χ2n) is 6.09. The Morgan fingerprint density at radius 1 is 1.12 bits per heavy atom. The first-order valence-electron chi connectivity index (χ1n) is 10.5. The Morgan fingerprint density at radius 3 is 2.73 bits per heavy atom. The molecule has 0 amide bonds. The number of fused-ring (bicyclic) bond motifs is 1. The minimum atomic E-state index is -1.89. The molecule has 3 heterocycles. The number of aromatic nitrogens is 3. The van der Waals surface area contributed by atoms with E-state index in [0.717, 1.165) is 0 Å². The van der Waals surface area contributed by atoms with Crippen LogP contribution >= 0.6 is 11.6 Å². The van der Waals surface area contributed by atoms with Crippen molar-refractivity contribution >= 4 is 22.9 Å². The van der Waals surface area contributed by atoms with Gasteiger partial charge in [0.05, 0.1) is 0 Å². The van der Waals surface area contributed by atoms with Crippen molar-refractivity contribution in [1.82, 2.24) is 19.1 Å². The van der Waals surface area contributed by atoms with Gasteiger partial charge in [0.15, 0.2) is 5.65 Å². The van der Waals surface area contributed by atoms with Crippen molar-refractivity contribution in [3.63, 3.8) is 0 Å². The molecule has 1 aromatic carbocycles. The van der Waals surface area contributed by atoms with Crippen molar-refractivity contribution in [1.29, 1.82) is 0 Å². The van der Waals surface area contributed by atoms with Crippen LogP contribution in [0.2, 0.25) is 5.02 Å². The molecule has 0 spiro atoms. The van der Waals surface area contributed by atoms with Gasteiger partial charge in [0.25, 0.3) is 0 Å². The molecule has 0 saturated carbocycles. The molecule has 26 heavy (non-hydrogen) atoms. The third-order valence-corrected chi connectivity index (χ3v) is 4.55. The van der Waals surface area contributed by atoms with Crippen LogP contribution in [0, 0.1) is 0 Å². The van der Waals surface area contributed by atoms with Gasteiger partial charge < -0.3 is 4.90 Å². The molecule has 0 aliphatic carbocycles. The summed E-state index contributed by atoms with van der Waals surface area (Å²) in [6.45, 7) is -3.32. The maximum atomic E-state index is 12.4. The number of nitrogens with zero attached hydrogens (tertiary/aromatic N) is 5. The van der Waals surface area contributed by atoms with Gasteiger partial charge in [-0.25, -0.2) is 9.48 Å². The van der Waals surface area contributed by atoms with Crippen LogP contribution in [0.25, 0.3) is 5.65 Å². The van der Waals surface area contributed by atoms with Crippen LogP contribution in [0.1, 0.15) is 11.9 Å². The van der Waals surface area contributed by atoms with Gasteiger partial charge in [-0.15, -0.1) is 5.10 Å². The lowest BCUT2D eigenvalue weighted by atomic mass is 10.2. The summed E-state index contributed by atoms with van der Waals surface area (Å²) in [5.74, 6) is 0. The van der Waals surface area contributed by atoms with Crippen LogP contribution in [0.5, 0.6) is 0 Å². The highest BCUT2D eigenvalue weighted by Gasteiger charge is 2.17. The monoisotopic (exact) mass is 375 g/mol. The molecule has 136 valence electrons. The molecule has 1 aliphatic heterocycles. The Balaban J connectivity index is 1.47. The maximum Gasteiger partial charge on any atom is 0.350 e. The van der Waals surface area contributed by atoms with Crippen LogP contribution < -0.4 is 10.6 Å². The minimum absolute atomic E-state index is 0.0150. The number of pyridine rings is 1. The van der Waals surface area contributed by atoms with Gasteiger partial charge >= 0.3 is 5.69 Å². The lowest BCUT2D eigenvalue weighted by Gasteiger charge is -2.36. The maximum absolute atomic E-state index is 12.4. The highest BCUT2D eigenvalue weighted by atomic mass is 35.5. The Labute approximate surface area is 162 Å². The van der Waals surface area contributed by atoms with Crippen molar-refractivity contribution in [3.8, 4) is 0 Å². The number of halogens is 1. The Bertz CT molecular complexity index is 1100. The fraction of sp³-hybridized carbons (Fsp3) is 0.368. The van der Waals surface area contributed by atoms with E-state index in [0.29, 0.717) is 22.8 Å². The quantitative estimate of drug-likeness (QED) is 0.686. The first kappa shape index (κ1) is 12.9. The molecular formula is C19H22ClN5O. The Kier molecular flexibility index (Phi) is 3.74. The summed E-state index contributed by atoms with van der Waals surface area (Å²) in [6.07, 6.45) is 2.04. The molecule has 3 aromatic rings. The highest BCUT2D eigenvalue weighted by Crippen LogP contribution is 2.20. The van der Waals surface area contributed by atoms with E-state index in [4.69, 9.17) is 17.1 Å². The summed E-state index contributed by atoms with van der Waals surface area (Å²) in [6, 6.07) is 12.3. The van der Waals surface area contributed by atoms with E-state index in [1.165, 1.54) is 14.0 Å². The van der Waals surface area contributed by atoms with Crippen molar-refractivity contribution in [3.05, 3.63) is 64.2 Å². The zero-order chi connectivity index (χ0) is 21.5. The minimum Gasteiger partial charge on any atom is -0.369 e. The van der Waals surface area contributed by atoms with E-state index in [-0.39, 0.29) is 31.9 Å². The summed E-state index contributed by atoms with van der Waals surface area (Å²) in [7, 11) is 0. The smallest absolute Gasteiger partial charge is 0.350 e. The topological polar surface area (TPSA) is 45.8 Å². The van der Waals surface area contributed by atoms with Gasteiger partial charge in [0, 0.05) is 61.6 Å². The van der Waals surface area contributed by atoms with Crippen LogP contribution in [0.4, 0.5) is 5.69 Å². The summed E-state index contributed by atoms with van der Waals surface area (Å²) >= 11 is 6.04. The number of rotatable bonds is 5. The zero-order valence-electron chi connectivity index (χ0n) is 18.2. The average Bonchev–Trinajstić information content (AvgIpc) is 2.99. The van der Waals surface area contributed by atoms with Crippen LogP contribution in [0.15, 0.2) is 53.5 Å². The Morgan fingerprint density at radius 2 is 1.96 bits per heavy atom. The predicted molar refractivity (Wildman–Crippen MR) is 104 cm³/mol. The molecule has 6 nitrogen and oxygen atoms in total. The van der Waals surface area contributed by atoms with Crippen molar-refractivity contribution in [2.45, 2.75) is 13.0 Å². The fourth-order valence-corrected chi connectivity index (χ4v) is 3.14. The normalized spacial score (nSPS) is 21.8. The highest BCUT2D eigenvalue weighted by molar-refractivity contribution is 6.30. The lowest BCUT2D eigenvalue weighted by molar-refractivity contribution is 0.248. The van der Waals surface area contributed by atoms with E-state index in [2.05, 4.69) is 5.10 Å². The molecule has 0 N–H and O–H groups in total. The summed E-state index contributed by atoms with van der Waals surface area (Å²) in [5, 5.41) is 4.79. The molecule has 0 unspecified atom stereocenters. The number of aryl methyl sites for hydroxylation is 1. The molecule has 7 heteroatoms. The molecule has 1 fully saturated rings. The number of anilines is 1. The second kappa shape index (κ2) is 7.51.